The molecule has 0 atom stereocenters. The first-order valence-electron chi connectivity index (χ1n) is 4.28. The molecule has 1 aliphatic rings. The summed E-state index contributed by atoms with van der Waals surface area (Å²) in [5.74, 6) is 0.588. The van der Waals surface area contributed by atoms with Crippen LogP contribution in [0.3, 0.4) is 0 Å². The van der Waals surface area contributed by atoms with Crippen molar-refractivity contribution >= 4 is 11.7 Å². The van der Waals surface area contributed by atoms with Gasteiger partial charge in [0.2, 0.25) is 0 Å². The molecule has 1 N–H and O–H groups in total. The molecule has 1 aromatic heterocycles. The van der Waals surface area contributed by atoms with Crippen LogP contribution in [0.15, 0.2) is 36.0 Å². The fraction of sp³-hybridized carbons (Fsp3) is 0.200. The standard InChI is InChI=1S/C10H10N2O/c13-10(8-4-3-5-8)12-9-6-1-2-7-11-9/h1-2,4,6-7H,3,5H2,(H,11,12,13). The van der Waals surface area contributed by atoms with E-state index in [1.54, 1.807) is 12.3 Å². The Hall–Kier alpha value is -1.64. The second kappa shape index (κ2) is 3.39. The zero-order valence-corrected chi connectivity index (χ0v) is 7.16. The van der Waals surface area contributed by atoms with Gasteiger partial charge in [-0.05, 0) is 25.0 Å². The van der Waals surface area contributed by atoms with Gasteiger partial charge in [-0.15, -0.1) is 0 Å². The third-order valence-corrected chi connectivity index (χ3v) is 2.00. The molecule has 0 spiro atoms. The van der Waals surface area contributed by atoms with Crippen LogP contribution < -0.4 is 5.32 Å². The number of carbonyl (C=O) groups is 1. The third-order valence-electron chi connectivity index (χ3n) is 2.00. The lowest BCUT2D eigenvalue weighted by atomic mass is 9.98. The maximum absolute atomic E-state index is 11.4. The SMILES string of the molecule is O=C(Nc1ccccn1)C1=CCC1. The van der Waals surface area contributed by atoms with Crippen molar-refractivity contribution in [2.45, 2.75) is 12.8 Å². The smallest absolute Gasteiger partial charge is 0.252 e. The Bertz CT molecular complexity index is 343. The Balaban J connectivity index is 2.02. The van der Waals surface area contributed by atoms with Crippen LogP contribution in [0.5, 0.6) is 0 Å². The maximum atomic E-state index is 11.4. The fourth-order valence-corrected chi connectivity index (χ4v) is 1.13. The zero-order valence-electron chi connectivity index (χ0n) is 7.16. The Morgan fingerprint density at radius 2 is 2.31 bits per heavy atom. The first kappa shape index (κ1) is 7.98. The lowest BCUT2D eigenvalue weighted by Crippen LogP contribution is -2.18. The van der Waals surface area contributed by atoms with Gasteiger partial charge in [-0.3, -0.25) is 4.79 Å². The predicted molar refractivity (Wildman–Crippen MR) is 50.2 cm³/mol. The highest BCUT2D eigenvalue weighted by atomic mass is 16.1. The van der Waals surface area contributed by atoms with Crippen LogP contribution in [0.2, 0.25) is 0 Å². The second-order valence-electron chi connectivity index (χ2n) is 2.94. The molecule has 1 aromatic rings. The molecular formula is C10H10N2O. The van der Waals surface area contributed by atoms with Gasteiger partial charge in [-0.2, -0.15) is 0 Å². The van der Waals surface area contributed by atoms with Gasteiger partial charge in [-0.1, -0.05) is 12.1 Å². The predicted octanol–water partition coefficient (Wildman–Crippen LogP) is 1.74. The van der Waals surface area contributed by atoms with Crippen molar-refractivity contribution in [1.29, 1.82) is 0 Å². The number of carbonyl (C=O) groups excluding carboxylic acids is 1. The van der Waals surface area contributed by atoms with Crippen molar-refractivity contribution in [3.8, 4) is 0 Å². The average Bonchev–Trinajstić information content (AvgIpc) is 2.02. The van der Waals surface area contributed by atoms with Gasteiger partial charge < -0.3 is 5.32 Å². The zero-order chi connectivity index (χ0) is 9.10. The summed E-state index contributed by atoms with van der Waals surface area (Å²) in [6.07, 6.45) is 5.51. The summed E-state index contributed by atoms with van der Waals surface area (Å²) in [6.45, 7) is 0. The van der Waals surface area contributed by atoms with Gasteiger partial charge in [0.1, 0.15) is 5.82 Å². The van der Waals surface area contributed by atoms with Crippen LogP contribution in [0.1, 0.15) is 12.8 Å². The van der Waals surface area contributed by atoms with Crippen molar-refractivity contribution in [2.75, 3.05) is 5.32 Å². The average molecular weight is 174 g/mol. The van der Waals surface area contributed by atoms with Crippen LogP contribution >= 0.6 is 0 Å². The molecule has 0 aliphatic heterocycles. The number of rotatable bonds is 2. The fourth-order valence-electron chi connectivity index (χ4n) is 1.13. The Kier molecular flexibility index (Phi) is 2.08. The minimum Gasteiger partial charge on any atom is -0.307 e. The molecule has 0 bridgehead atoms. The van der Waals surface area contributed by atoms with E-state index in [4.69, 9.17) is 0 Å². The number of nitrogens with zero attached hydrogens (tertiary/aromatic N) is 1. The van der Waals surface area contributed by atoms with Crippen LogP contribution in [0, 0.1) is 0 Å². The first-order chi connectivity index (χ1) is 6.36. The molecule has 1 aliphatic carbocycles. The number of aromatic nitrogens is 1. The minimum atomic E-state index is -0.0232. The van der Waals surface area contributed by atoms with Gasteiger partial charge in [0.15, 0.2) is 0 Å². The quantitative estimate of drug-likeness (QED) is 0.742. The summed E-state index contributed by atoms with van der Waals surface area (Å²) in [6, 6.07) is 5.44. The molecule has 66 valence electrons. The molecular weight excluding hydrogens is 164 g/mol. The van der Waals surface area contributed by atoms with E-state index in [1.165, 1.54) is 0 Å². The van der Waals surface area contributed by atoms with E-state index >= 15 is 0 Å². The van der Waals surface area contributed by atoms with Crippen molar-refractivity contribution in [1.82, 2.24) is 4.98 Å². The number of amides is 1. The van der Waals surface area contributed by atoms with Crippen LogP contribution in [0.4, 0.5) is 5.82 Å². The highest BCUT2D eigenvalue weighted by Crippen LogP contribution is 2.18. The summed E-state index contributed by atoms with van der Waals surface area (Å²) in [7, 11) is 0. The van der Waals surface area contributed by atoms with E-state index in [1.807, 2.05) is 18.2 Å². The minimum absolute atomic E-state index is 0.0232. The number of hydrogen-bond acceptors (Lipinski definition) is 2. The Morgan fingerprint density at radius 1 is 1.46 bits per heavy atom. The molecule has 0 fully saturated rings. The Labute approximate surface area is 76.5 Å². The lowest BCUT2D eigenvalue weighted by Gasteiger charge is -2.13. The summed E-state index contributed by atoms with van der Waals surface area (Å²) in [5, 5.41) is 2.73. The van der Waals surface area contributed by atoms with E-state index in [9.17, 15) is 4.79 Å². The molecule has 0 saturated carbocycles. The third kappa shape index (κ3) is 1.75. The molecule has 3 heteroatoms. The molecule has 1 heterocycles. The summed E-state index contributed by atoms with van der Waals surface area (Å²) in [5.41, 5.74) is 0.866. The second-order valence-corrected chi connectivity index (χ2v) is 2.94. The van der Waals surface area contributed by atoms with E-state index < -0.39 is 0 Å². The molecule has 2 rings (SSSR count). The van der Waals surface area contributed by atoms with Crippen LogP contribution in [-0.2, 0) is 4.79 Å². The number of anilines is 1. The lowest BCUT2D eigenvalue weighted by molar-refractivity contribution is -0.113. The number of nitrogens with one attached hydrogen (secondary N) is 1. The van der Waals surface area contributed by atoms with Gasteiger partial charge in [-0.25, -0.2) is 4.98 Å². The van der Waals surface area contributed by atoms with Gasteiger partial charge in [0, 0.05) is 11.8 Å². The first-order valence-corrected chi connectivity index (χ1v) is 4.28. The summed E-state index contributed by atoms with van der Waals surface area (Å²) >= 11 is 0. The molecule has 0 aromatic carbocycles. The molecule has 13 heavy (non-hydrogen) atoms. The van der Waals surface area contributed by atoms with Crippen molar-refractivity contribution in [3.05, 3.63) is 36.0 Å². The van der Waals surface area contributed by atoms with E-state index in [0.717, 1.165) is 18.4 Å². The van der Waals surface area contributed by atoms with Crippen molar-refractivity contribution < 1.29 is 4.79 Å². The summed E-state index contributed by atoms with van der Waals surface area (Å²) in [4.78, 5) is 15.4. The van der Waals surface area contributed by atoms with E-state index in [-0.39, 0.29) is 5.91 Å². The highest BCUT2D eigenvalue weighted by molar-refractivity contribution is 6.04. The van der Waals surface area contributed by atoms with Crippen molar-refractivity contribution in [2.24, 2.45) is 0 Å². The summed E-state index contributed by atoms with van der Waals surface area (Å²) < 4.78 is 0. The number of pyridine rings is 1. The number of hydrogen-bond donors (Lipinski definition) is 1. The van der Waals surface area contributed by atoms with Gasteiger partial charge >= 0.3 is 0 Å². The monoisotopic (exact) mass is 174 g/mol. The largest absolute Gasteiger partial charge is 0.307 e. The van der Waals surface area contributed by atoms with E-state index in [0.29, 0.717) is 5.82 Å². The molecule has 3 nitrogen and oxygen atoms in total. The van der Waals surface area contributed by atoms with Gasteiger partial charge in [0.25, 0.3) is 5.91 Å². The topological polar surface area (TPSA) is 42.0 Å². The van der Waals surface area contributed by atoms with E-state index in [2.05, 4.69) is 10.3 Å². The number of allylic oxidation sites excluding steroid dienone is 1. The molecule has 1 amide bonds. The van der Waals surface area contributed by atoms with Gasteiger partial charge in [0.05, 0.1) is 0 Å². The Morgan fingerprint density at radius 3 is 2.85 bits per heavy atom. The molecule has 0 saturated heterocycles. The normalized spacial score (nSPS) is 14.3. The van der Waals surface area contributed by atoms with Crippen LogP contribution in [-0.4, -0.2) is 10.9 Å². The van der Waals surface area contributed by atoms with Crippen LogP contribution in [0.25, 0.3) is 0 Å². The maximum Gasteiger partial charge on any atom is 0.252 e. The molecule has 0 unspecified atom stereocenters. The molecule has 0 radical (unpaired) electrons. The van der Waals surface area contributed by atoms with Crippen molar-refractivity contribution in [3.63, 3.8) is 0 Å². The highest BCUT2D eigenvalue weighted by Gasteiger charge is 2.14.